The Labute approximate surface area is 157 Å². The summed E-state index contributed by atoms with van der Waals surface area (Å²) in [5.74, 6) is 0.146. The van der Waals surface area contributed by atoms with Gasteiger partial charge in [-0.1, -0.05) is 26.2 Å². The first-order valence-electron chi connectivity index (χ1n) is 10.1. The van der Waals surface area contributed by atoms with Gasteiger partial charge in [-0.3, -0.25) is 4.90 Å². The van der Waals surface area contributed by atoms with Crippen LogP contribution in [0.2, 0.25) is 0 Å². The maximum atomic E-state index is 12.7. The van der Waals surface area contributed by atoms with Crippen LogP contribution in [-0.2, 0) is 27.7 Å². The first-order chi connectivity index (χ1) is 12.5. The predicted molar refractivity (Wildman–Crippen MR) is 102 cm³/mol. The third-order valence-electron chi connectivity index (χ3n) is 5.67. The summed E-state index contributed by atoms with van der Waals surface area (Å²) in [4.78, 5) is 6.71. The lowest BCUT2D eigenvalue weighted by Gasteiger charge is -2.31. The van der Waals surface area contributed by atoms with Crippen molar-refractivity contribution >= 4 is 9.84 Å². The van der Waals surface area contributed by atoms with Crippen molar-refractivity contribution in [3.8, 4) is 0 Å². The first-order valence-corrected chi connectivity index (χ1v) is 11.8. The molecule has 0 bridgehead atoms. The fourth-order valence-electron chi connectivity index (χ4n) is 4.22. The van der Waals surface area contributed by atoms with Crippen LogP contribution in [0, 0.1) is 0 Å². The van der Waals surface area contributed by atoms with Crippen molar-refractivity contribution in [1.82, 2.24) is 14.5 Å². The van der Waals surface area contributed by atoms with E-state index in [2.05, 4.69) is 16.9 Å². The van der Waals surface area contributed by atoms with E-state index in [-0.39, 0.29) is 17.0 Å². The number of imidazole rings is 1. The highest BCUT2D eigenvalue weighted by molar-refractivity contribution is 7.91. The van der Waals surface area contributed by atoms with Crippen LogP contribution < -0.4 is 0 Å². The second-order valence-corrected chi connectivity index (χ2v) is 9.81. The van der Waals surface area contributed by atoms with Gasteiger partial charge in [-0.25, -0.2) is 13.4 Å². The van der Waals surface area contributed by atoms with Crippen molar-refractivity contribution in [3.05, 3.63) is 11.9 Å². The van der Waals surface area contributed by atoms with Crippen LogP contribution in [0.15, 0.2) is 11.4 Å². The number of ether oxygens (including phenoxy) is 1. The minimum absolute atomic E-state index is 0.0958. The van der Waals surface area contributed by atoms with Gasteiger partial charge in [-0.2, -0.15) is 0 Å². The lowest BCUT2D eigenvalue weighted by atomic mass is 9.94. The predicted octanol–water partition coefficient (Wildman–Crippen LogP) is 3.01. The van der Waals surface area contributed by atoms with Gasteiger partial charge in [0, 0.05) is 19.2 Å². The van der Waals surface area contributed by atoms with Gasteiger partial charge in [-0.15, -0.1) is 0 Å². The Bertz CT molecular complexity index is 674. The van der Waals surface area contributed by atoms with Crippen molar-refractivity contribution in [3.63, 3.8) is 0 Å². The van der Waals surface area contributed by atoms with E-state index >= 15 is 0 Å². The number of sulfone groups is 1. The van der Waals surface area contributed by atoms with Gasteiger partial charge in [0.15, 0.2) is 0 Å². The monoisotopic (exact) mass is 383 g/mol. The van der Waals surface area contributed by atoms with Crippen molar-refractivity contribution in [2.24, 2.45) is 0 Å². The molecule has 1 aliphatic heterocycles. The maximum Gasteiger partial charge on any atom is 0.227 e. The Morgan fingerprint density at radius 1 is 1.23 bits per heavy atom. The molecule has 2 heterocycles. The van der Waals surface area contributed by atoms with Gasteiger partial charge in [0.2, 0.25) is 15.0 Å². The van der Waals surface area contributed by atoms with E-state index in [0.29, 0.717) is 19.0 Å². The molecular weight excluding hydrogens is 350 g/mol. The van der Waals surface area contributed by atoms with Gasteiger partial charge in [0.25, 0.3) is 0 Å². The minimum Gasteiger partial charge on any atom is -0.376 e. The van der Waals surface area contributed by atoms with Gasteiger partial charge in [0.05, 0.1) is 30.3 Å². The standard InChI is InChI=1S/C19H33N3O3S/c1-3-12-26(23,24)19-20-13-17(22(19)15-18-10-7-11-25-18)14-21(2)16-8-5-4-6-9-16/h13,16,18H,3-12,14-15H2,1-2H3. The van der Waals surface area contributed by atoms with Gasteiger partial charge in [0.1, 0.15) is 0 Å². The molecule has 148 valence electrons. The molecule has 0 radical (unpaired) electrons. The summed E-state index contributed by atoms with van der Waals surface area (Å²) in [6, 6.07) is 0.588. The Balaban J connectivity index is 1.82. The molecule has 1 aliphatic carbocycles. The third-order valence-corrected chi connectivity index (χ3v) is 7.50. The molecule has 6 nitrogen and oxygen atoms in total. The number of hydrogen-bond acceptors (Lipinski definition) is 5. The lowest BCUT2D eigenvalue weighted by molar-refractivity contribution is 0.0927. The maximum absolute atomic E-state index is 12.7. The molecule has 1 aromatic heterocycles. The SMILES string of the molecule is CCCS(=O)(=O)c1ncc(CN(C)C2CCCCC2)n1CC1CCCO1. The van der Waals surface area contributed by atoms with Crippen molar-refractivity contribution < 1.29 is 13.2 Å². The number of rotatable bonds is 8. The fraction of sp³-hybridized carbons (Fsp3) is 0.842. The normalized spacial score (nSPS) is 22.3. The molecular formula is C19H33N3O3S. The molecule has 2 aliphatic rings. The van der Waals surface area contributed by atoms with Gasteiger partial charge >= 0.3 is 0 Å². The average molecular weight is 384 g/mol. The van der Waals surface area contributed by atoms with Crippen molar-refractivity contribution in [1.29, 1.82) is 0 Å². The summed E-state index contributed by atoms with van der Waals surface area (Å²) in [6.07, 6.45) is 10.9. The molecule has 1 atom stereocenters. The smallest absolute Gasteiger partial charge is 0.227 e. The van der Waals surface area contributed by atoms with E-state index in [9.17, 15) is 8.42 Å². The molecule has 0 aromatic carbocycles. The third kappa shape index (κ3) is 4.67. The van der Waals surface area contributed by atoms with E-state index in [0.717, 1.165) is 31.7 Å². The summed E-state index contributed by atoms with van der Waals surface area (Å²) in [7, 11) is -1.19. The zero-order valence-corrected chi connectivity index (χ0v) is 17.0. The zero-order chi connectivity index (χ0) is 18.6. The first kappa shape index (κ1) is 19.8. The summed E-state index contributed by atoms with van der Waals surface area (Å²) in [6.45, 7) is 3.99. The van der Waals surface area contributed by atoms with Crippen LogP contribution in [0.4, 0.5) is 0 Å². The Morgan fingerprint density at radius 2 is 2.00 bits per heavy atom. The van der Waals surface area contributed by atoms with E-state index in [1.165, 1.54) is 32.1 Å². The Kier molecular flexibility index (Phi) is 6.75. The Hall–Kier alpha value is -0.920. The molecule has 7 heteroatoms. The highest BCUT2D eigenvalue weighted by Crippen LogP contribution is 2.25. The van der Waals surface area contributed by atoms with Crippen LogP contribution in [0.25, 0.3) is 0 Å². The summed E-state index contributed by atoms with van der Waals surface area (Å²) in [5, 5.41) is 0.224. The number of aromatic nitrogens is 2. The summed E-state index contributed by atoms with van der Waals surface area (Å²) >= 11 is 0. The highest BCUT2D eigenvalue weighted by Gasteiger charge is 2.27. The molecule has 2 fully saturated rings. The van der Waals surface area contributed by atoms with Crippen LogP contribution in [0.1, 0.15) is 64.0 Å². The molecule has 1 saturated carbocycles. The number of hydrogen-bond donors (Lipinski definition) is 0. The molecule has 0 spiro atoms. The number of nitrogens with zero attached hydrogens (tertiary/aromatic N) is 3. The molecule has 1 saturated heterocycles. The van der Waals surface area contributed by atoms with Crippen LogP contribution >= 0.6 is 0 Å². The largest absolute Gasteiger partial charge is 0.376 e. The van der Waals surface area contributed by atoms with E-state index in [1.54, 1.807) is 6.20 Å². The van der Waals surface area contributed by atoms with Crippen LogP contribution in [0.3, 0.4) is 0 Å². The highest BCUT2D eigenvalue weighted by atomic mass is 32.2. The lowest BCUT2D eigenvalue weighted by Crippen LogP contribution is -2.34. The second kappa shape index (κ2) is 8.85. The van der Waals surface area contributed by atoms with E-state index in [4.69, 9.17) is 4.74 Å². The molecule has 0 amide bonds. The topological polar surface area (TPSA) is 64.4 Å². The molecule has 3 rings (SSSR count). The Morgan fingerprint density at radius 3 is 2.65 bits per heavy atom. The van der Waals surface area contributed by atoms with Crippen LogP contribution in [-0.4, -0.2) is 54.4 Å². The zero-order valence-electron chi connectivity index (χ0n) is 16.2. The second-order valence-electron chi connectivity index (χ2n) is 7.80. The quantitative estimate of drug-likeness (QED) is 0.690. The average Bonchev–Trinajstić information content (AvgIpc) is 3.27. The summed E-state index contributed by atoms with van der Waals surface area (Å²) in [5.41, 5.74) is 0.989. The fourth-order valence-corrected chi connectivity index (χ4v) is 5.68. The summed E-state index contributed by atoms with van der Waals surface area (Å²) < 4.78 is 33.1. The van der Waals surface area contributed by atoms with E-state index < -0.39 is 9.84 Å². The van der Waals surface area contributed by atoms with Crippen LogP contribution in [0.5, 0.6) is 0 Å². The molecule has 0 N–H and O–H groups in total. The van der Waals surface area contributed by atoms with Gasteiger partial charge < -0.3 is 9.30 Å². The molecule has 1 aromatic rings. The molecule has 26 heavy (non-hydrogen) atoms. The minimum atomic E-state index is -3.34. The van der Waals surface area contributed by atoms with Gasteiger partial charge in [-0.05, 0) is 39.2 Å². The van der Waals surface area contributed by atoms with E-state index in [1.807, 2.05) is 11.5 Å². The molecule has 1 unspecified atom stereocenters. The van der Waals surface area contributed by atoms with Crippen molar-refractivity contribution in [2.75, 3.05) is 19.4 Å². The van der Waals surface area contributed by atoms with Crippen molar-refractivity contribution in [2.45, 2.75) is 88.7 Å².